The second-order valence-corrected chi connectivity index (χ2v) is 11.6. The number of para-hydroxylation sites is 1. The largest absolute Gasteiger partial charge is 0.494 e. The fourth-order valence-corrected chi connectivity index (χ4v) is 6.37. The molecule has 0 saturated carbocycles. The Morgan fingerprint density at radius 1 is 1.09 bits per heavy atom. The van der Waals surface area contributed by atoms with Crippen molar-refractivity contribution in [3.05, 3.63) is 82.4 Å². The van der Waals surface area contributed by atoms with Crippen molar-refractivity contribution in [1.29, 1.82) is 0 Å². The molecule has 2 aromatic carbocycles. The van der Waals surface area contributed by atoms with E-state index in [0.717, 1.165) is 53.1 Å². The van der Waals surface area contributed by atoms with E-state index in [9.17, 15) is 14.4 Å². The molecule has 1 aliphatic carbocycles. The number of nitrogens with zero attached hydrogens (tertiary/aromatic N) is 3. The van der Waals surface area contributed by atoms with Gasteiger partial charge in [0.1, 0.15) is 16.4 Å². The van der Waals surface area contributed by atoms with Crippen molar-refractivity contribution in [2.24, 2.45) is 11.0 Å². The van der Waals surface area contributed by atoms with E-state index in [0.29, 0.717) is 34.3 Å². The van der Waals surface area contributed by atoms with E-state index in [4.69, 9.17) is 14.6 Å². The number of rotatable bonds is 10. The van der Waals surface area contributed by atoms with E-state index in [2.05, 4.69) is 29.7 Å². The van der Waals surface area contributed by atoms with Crippen molar-refractivity contribution in [2.75, 3.05) is 18.5 Å². The standard InChI is InChI=1S/C33H35N5O5S/c1-4-17-43-25-14-12-22(13-15-25)29-23(20-38(37-29)24-9-7-6-8-10-24)19-34-36-31(40)30(39)35-32-28(33(41)42-5-2)26-16-11-21(3)18-27(26)44-32/h6-10,12-15,19-21H,4-5,11,16-18H2,1-3H3,(H,35,39)(H,36,40)/b34-19-/t21-/m0/s1. The zero-order valence-corrected chi connectivity index (χ0v) is 25.8. The number of hydrazone groups is 1. The van der Waals surface area contributed by atoms with Gasteiger partial charge in [-0.1, -0.05) is 32.0 Å². The maximum atomic E-state index is 12.9. The number of nitrogens with one attached hydrogen (secondary N) is 2. The summed E-state index contributed by atoms with van der Waals surface area (Å²) in [5.41, 5.74) is 6.48. The highest BCUT2D eigenvalue weighted by molar-refractivity contribution is 7.17. The molecule has 0 bridgehead atoms. The van der Waals surface area contributed by atoms with Crippen molar-refractivity contribution >= 4 is 40.3 Å². The van der Waals surface area contributed by atoms with Crippen LogP contribution in [0.3, 0.4) is 0 Å². The summed E-state index contributed by atoms with van der Waals surface area (Å²) in [4.78, 5) is 39.4. The van der Waals surface area contributed by atoms with Gasteiger partial charge in [0, 0.05) is 22.2 Å². The van der Waals surface area contributed by atoms with Gasteiger partial charge in [-0.05, 0) is 80.5 Å². The monoisotopic (exact) mass is 613 g/mol. The summed E-state index contributed by atoms with van der Waals surface area (Å²) in [6.07, 6.45) is 6.63. The first-order valence-electron chi connectivity index (χ1n) is 14.7. The third kappa shape index (κ3) is 7.05. The van der Waals surface area contributed by atoms with Gasteiger partial charge in [0.25, 0.3) is 0 Å². The summed E-state index contributed by atoms with van der Waals surface area (Å²) in [6.45, 7) is 6.78. The Kier molecular flexibility index (Phi) is 9.86. The molecule has 2 heterocycles. The Bertz CT molecular complexity index is 1660. The first-order valence-corrected chi connectivity index (χ1v) is 15.5. The van der Waals surface area contributed by atoms with E-state index >= 15 is 0 Å². The molecule has 228 valence electrons. The van der Waals surface area contributed by atoms with Gasteiger partial charge in [0.05, 0.1) is 30.7 Å². The van der Waals surface area contributed by atoms with Crippen LogP contribution < -0.4 is 15.5 Å². The van der Waals surface area contributed by atoms with Crippen LogP contribution in [-0.4, -0.2) is 47.0 Å². The number of carbonyl (C=O) groups is 3. The number of esters is 1. The van der Waals surface area contributed by atoms with Gasteiger partial charge in [0.2, 0.25) is 0 Å². The highest BCUT2D eigenvalue weighted by atomic mass is 32.1. The molecule has 4 aromatic rings. The predicted molar refractivity (Wildman–Crippen MR) is 171 cm³/mol. The van der Waals surface area contributed by atoms with Crippen molar-refractivity contribution in [3.63, 3.8) is 0 Å². The molecule has 1 atom stereocenters. The highest BCUT2D eigenvalue weighted by Crippen LogP contribution is 2.40. The van der Waals surface area contributed by atoms with Crippen molar-refractivity contribution in [1.82, 2.24) is 15.2 Å². The Labute approximate surface area is 260 Å². The molecule has 2 amide bonds. The van der Waals surface area contributed by atoms with Crippen LogP contribution >= 0.6 is 11.3 Å². The molecule has 44 heavy (non-hydrogen) atoms. The highest BCUT2D eigenvalue weighted by Gasteiger charge is 2.30. The average Bonchev–Trinajstić information content (AvgIpc) is 3.61. The van der Waals surface area contributed by atoms with E-state index in [-0.39, 0.29) is 6.61 Å². The lowest BCUT2D eigenvalue weighted by atomic mass is 9.88. The lowest BCUT2D eigenvalue weighted by Crippen LogP contribution is -2.32. The fraction of sp³-hybridized carbons (Fsp3) is 0.303. The smallest absolute Gasteiger partial charge is 0.341 e. The number of anilines is 1. The molecule has 0 fully saturated rings. The van der Waals surface area contributed by atoms with Crippen LogP contribution in [0.1, 0.15) is 60.0 Å². The van der Waals surface area contributed by atoms with Crippen LogP contribution in [0.2, 0.25) is 0 Å². The molecule has 2 N–H and O–H groups in total. The number of hydrogen-bond donors (Lipinski definition) is 2. The maximum absolute atomic E-state index is 12.9. The van der Waals surface area contributed by atoms with Crippen molar-refractivity contribution < 1.29 is 23.9 Å². The van der Waals surface area contributed by atoms with E-state index in [1.165, 1.54) is 17.6 Å². The first-order chi connectivity index (χ1) is 21.4. The minimum Gasteiger partial charge on any atom is -0.494 e. The van der Waals surface area contributed by atoms with Crippen LogP contribution in [0.15, 0.2) is 65.9 Å². The summed E-state index contributed by atoms with van der Waals surface area (Å²) in [5.74, 6) is -1.16. The van der Waals surface area contributed by atoms with Gasteiger partial charge in [-0.3, -0.25) is 9.59 Å². The zero-order valence-electron chi connectivity index (χ0n) is 25.0. The van der Waals surface area contributed by atoms with Crippen LogP contribution in [0.5, 0.6) is 5.75 Å². The number of ether oxygens (including phenoxy) is 2. The lowest BCUT2D eigenvalue weighted by Gasteiger charge is -2.18. The summed E-state index contributed by atoms with van der Waals surface area (Å²) in [7, 11) is 0. The predicted octanol–water partition coefficient (Wildman–Crippen LogP) is 5.78. The number of carbonyl (C=O) groups excluding carboxylic acids is 3. The number of hydrogen-bond acceptors (Lipinski definition) is 8. The molecule has 0 saturated heterocycles. The summed E-state index contributed by atoms with van der Waals surface area (Å²) in [5, 5.41) is 11.8. The molecule has 1 aliphatic rings. The van der Waals surface area contributed by atoms with Gasteiger partial charge in [-0.2, -0.15) is 10.2 Å². The number of benzene rings is 2. The molecule has 0 aliphatic heterocycles. The molecular weight excluding hydrogens is 578 g/mol. The Balaban J connectivity index is 1.33. The normalized spacial score (nSPS) is 14.2. The molecule has 0 unspecified atom stereocenters. The molecule has 10 nitrogen and oxygen atoms in total. The van der Waals surface area contributed by atoms with E-state index in [1.807, 2.05) is 54.6 Å². The van der Waals surface area contributed by atoms with Gasteiger partial charge in [0.15, 0.2) is 0 Å². The topological polar surface area (TPSA) is 124 Å². The minimum absolute atomic E-state index is 0.210. The third-order valence-electron chi connectivity index (χ3n) is 7.16. The summed E-state index contributed by atoms with van der Waals surface area (Å²) in [6, 6.07) is 17.2. The minimum atomic E-state index is -0.967. The van der Waals surface area contributed by atoms with Crippen LogP contribution in [0, 0.1) is 5.92 Å². The summed E-state index contributed by atoms with van der Waals surface area (Å²) >= 11 is 1.32. The number of thiophene rings is 1. The first kappa shape index (κ1) is 30.7. The molecule has 0 radical (unpaired) electrons. The van der Waals surface area contributed by atoms with Gasteiger partial charge < -0.3 is 14.8 Å². The zero-order chi connectivity index (χ0) is 31.1. The Morgan fingerprint density at radius 2 is 1.86 bits per heavy atom. The number of aromatic nitrogens is 2. The summed E-state index contributed by atoms with van der Waals surface area (Å²) < 4.78 is 12.7. The average molecular weight is 614 g/mol. The van der Waals surface area contributed by atoms with E-state index < -0.39 is 17.8 Å². The van der Waals surface area contributed by atoms with Crippen molar-refractivity contribution in [2.45, 2.75) is 46.5 Å². The molecule has 11 heteroatoms. The van der Waals surface area contributed by atoms with Gasteiger partial charge in [-0.15, -0.1) is 11.3 Å². The maximum Gasteiger partial charge on any atom is 0.341 e. The molecule has 5 rings (SSSR count). The van der Waals surface area contributed by atoms with Gasteiger partial charge >= 0.3 is 17.8 Å². The molecule has 2 aromatic heterocycles. The van der Waals surface area contributed by atoms with Crippen LogP contribution in [0.25, 0.3) is 16.9 Å². The lowest BCUT2D eigenvalue weighted by molar-refractivity contribution is -0.136. The van der Waals surface area contributed by atoms with Crippen LogP contribution in [0.4, 0.5) is 5.00 Å². The second kappa shape index (κ2) is 14.1. The Morgan fingerprint density at radius 3 is 2.59 bits per heavy atom. The van der Waals surface area contributed by atoms with E-state index in [1.54, 1.807) is 17.8 Å². The SMILES string of the molecule is CCCOc1ccc(-c2nn(-c3ccccc3)cc2/C=N\NC(=O)C(=O)Nc2sc3c(c2C(=O)OCC)CC[C@H](C)C3)cc1. The van der Waals surface area contributed by atoms with Crippen molar-refractivity contribution in [3.8, 4) is 22.7 Å². The Hall–Kier alpha value is -4.77. The fourth-order valence-electron chi connectivity index (χ4n) is 4.98. The van der Waals surface area contributed by atoms with Crippen LogP contribution in [-0.2, 0) is 27.2 Å². The number of amides is 2. The third-order valence-corrected chi connectivity index (χ3v) is 8.33. The molecular formula is C33H35N5O5S. The molecule has 0 spiro atoms. The number of fused-ring (bicyclic) bond motifs is 1. The second-order valence-electron chi connectivity index (χ2n) is 10.5. The quantitative estimate of drug-likeness (QED) is 0.101. The van der Waals surface area contributed by atoms with Gasteiger partial charge in [-0.25, -0.2) is 14.9 Å².